The molecule has 2 rings (SSSR count). The Morgan fingerprint density at radius 1 is 1.12 bits per heavy atom. The molecule has 1 saturated carbocycles. The molecule has 3 unspecified atom stereocenters. The number of anilines is 1. The van der Waals surface area contributed by atoms with E-state index in [2.05, 4.69) is 31.3 Å². The Morgan fingerprint density at radius 2 is 1.75 bits per heavy atom. The monoisotopic (exact) mass is 330 g/mol. The van der Waals surface area contributed by atoms with E-state index in [0.29, 0.717) is 12.0 Å². The summed E-state index contributed by atoms with van der Waals surface area (Å²) in [6.45, 7) is 4.39. The molecule has 0 heterocycles. The molecule has 134 valence electrons. The minimum Gasteiger partial charge on any atom is -0.399 e. The first-order chi connectivity index (χ1) is 11.6. The van der Waals surface area contributed by atoms with Gasteiger partial charge in [-0.05, 0) is 43.4 Å². The number of benzene rings is 1. The number of hydrogen-bond donors (Lipinski definition) is 2. The lowest BCUT2D eigenvalue weighted by Gasteiger charge is -2.14. The summed E-state index contributed by atoms with van der Waals surface area (Å²) in [4.78, 5) is 12.3. The molecule has 3 N–H and O–H groups in total. The SMILES string of the molecule is CCCCCCCCCC(C)NC(=O)C1CC1c1ccc(N)cc1. The van der Waals surface area contributed by atoms with Crippen LogP contribution in [-0.2, 0) is 4.79 Å². The molecule has 1 fully saturated rings. The van der Waals surface area contributed by atoms with Crippen LogP contribution in [0.3, 0.4) is 0 Å². The van der Waals surface area contributed by atoms with Crippen LogP contribution in [0.25, 0.3) is 0 Å². The lowest BCUT2D eigenvalue weighted by Crippen LogP contribution is -2.33. The van der Waals surface area contributed by atoms with Gasteiger partial charge in [-0.1, -0.05) is 64.0 Å². The van der Waals surface area contributed by atoms with Gasteiger partial charge in [-0.3, -0.25) is 4.79 Å². The van der Waals surface area contributed by atoms with Crippen LogP contribution in [0.5, 0.6) is 0 Å². The number of carbonyl (C=O) groups excluding carboxylic acids is 1. The highest BCUT2D eigenvalue weighted by Gasteiger charge is 2.43. The number of hydrogen-bond acceptors (Lipinski definition) is 2. The fourth-order valence-electron chi connectivity index (χ4n) is 3.43. The normalized spacial score (nSPS) is 20.6. The maximum absolute atomic E-state index is 12.3. The molecular formula is C21H34N2O. The number of rotatable bonds is 11. The summed E-state index contributed by atoms with van der Waals surface area (Å²) in [7, 11) is 0. The molecular weight excluding hydrogens is 296 g/mol. The van der Waals surface area contributed by atoms with Crippen LogP contribution < -0.4 is 11.1 Å². The van der Waals surface area contributed by atoms with Crippen LogP contribution in [-0.4, -0.2) is 11.9 Å². The number of unbranched alkanes of at least 4 members (excludes halogenated alkanes) is 6. The van der Waals surface area contributed by atoms with Gasteiger partial charge in [0.15, 0.2) is 0 Å². The molecule has 3 nitrogen and oxygen atoms in total. The third kappa shape index (κ3) is 6.18. The van der Waals surface area contributed by atoms with Crippen molar-refractivity contribution in [1.82, 2.24) is 5.32 Å². The van der Waals surface area contributed by atoms with Crippen molar-refractivity contribution in [2.45, 2.75) is 83.6 Å². The summed E-state index contributed by atoms with van der Waals surface area (Å²) in [6, 6.07) is 8.24. The van der Waals surface area contributed by atoms with E-state index < -0.39 is 0 Å². The van der Waals surface area contributed by atoms with E-state index in [-0.39, 0.29) is 11.8 Å². The van der Waals surface area contributed by atoms with Gasteiger partial charge >= 0.3 is 0 Å². The molecule has 0 spiro atoms. The fourth-order valence-corrected chi connectivity index (χ4v) is 3.43. The molecule has 1 aliphatic rings. The summed E-state index contributed by atoms with van der Waals surface area (Å²) in [5.41, 5.74) is 7.74. The van der Waals surface area contributed by atoms with Crippen LogP contribution in [0.15, 0.2) is 24.3 Å². The third-order valence-corrected chi connectivity index (χ3v) is 5.12. The number of nitrogens with one attached hydrogen (secondary N) is 1. The van der Waals surface area contributed by atoms with E-state index in [4.69, 9.17) is 5.73 Å². The predicted molar refractivity (Wildman–Crippen MR) is 102 cm³/mol. The first-order valence-electron chi connectivity index (χ1n) is 9.77. The zero-order valence-corrected chi connectivity index (χ0v) is 15.4. The lowest BCUT2D eigenvalue weighted by atomic mass is 10.1. The van der Waals surface area contributed by atoms with Crippen LogP contribution in [0.4, 0.5) is 5.69 Å². The Hall–Kier alpha value is -1.51. The summed E-state index contributed by atoms with van der Waals surface area (Å²) >= 11 is 0. The van der Waals surface area contributed by atoms with Gasteiger partial charge in [-0.15, -0.1) is 0 Å². The molecule has 3 atom stereocenters. The summed E-state index contributed by atoms with van der Waals surface area (Å²) in [5.74, 6) is 0.772. The molecule has 0 aromatic heterocycles. The Kier molecular flexibility index (Phi) is 7.61. The topological polar surface area (TPSA) is 55.1 Å². The van der Waals surface area contributed by atoms with Crippen molar-refractivity contribution in [2.75, 3.05) is 5.73 Å². The second-order valence-corrected chi connectivity index (χ2v) is 7.43. The van der Waals surface area contributed by atoms with E-state index in [1.807, 2.05) is 12.1 Å². The van der Waals surface area contributed by atoms with Crippen molar-refractivity contribution in [3.63, 3.8) is 0 Å². The molecule has 0 bridgehead atoms. The van der Waals surface area contributed by atoms with Gasteiger partial charge in [0.2, 0.25) is 5.91 Å². The van der Waals surface area contributed by atoms with Crippen LogP contribution in [0.1, 0.15) is 83.1 Å². The Balaban J connectivity index is 1.58. The minimum atomic E-state index is 0.158. The van der Waals surface area contributed by atoms with Crippen LogP contribution in [0.2, 0.25) is 0 Å². The number of nitrogen functional groups attached to an aromatic ring is 1. The lowest BCUT2D eigenvalue weighted by molar-refractivity contribution is -0.123. The maximum Gasteiger partial charge on any atom is 0.223 e. The first kappa shape index (κ1) is 18.8. The van der Waals surface area contributed by atoms with Gasteiger partial charge in [0.25, 0.3) is 0 Å². The molecule has 0 saturated heterocycles. The Bertz CT molecular complexity index is 497. The average molecular weight is 331 g/mol. The van der Waals surface area contributed by atoms with Crippen LogP contribution in [0, 0.1) is 5.92 Å². The van der Waals surface area contributed by atoms with Gasteiger partial charge in [-0.2, -0.15) is 0 Å². The van der Waals surface area contributed by atoms with Gasteiger partial charge in [0.05, 0.1) is 0 Å². The number of carbonyl (C=O) groups is 1. The van der Waals surface area contributed by atoms with Gasteiger partial charge < -0.3 is 11.1 Å². The molecule has 1 aliphatic carbocycles. The van der Waals surface area contributed by atoms with Crippen molar-refractivity contribution in [3.8, 4) is 0 Å². The highest BCUT2D eigenvalue weighted by molar-refractivity contribution is 5.83. The summed E-state index contributed by atoms with van der Waals surface area (Å²) in [6.07, 6.45) is 11.3. The highest BCUT2D eigenvalue weighted by atomic mass is 16.2. The van der Waals surface area contributed by atoms with Crippen molar-refractivity contribution >= 4 is 11.6 Å². The standard InChI is InChI=1S/C21H34N2O/c1-3-4-5-6-7-8-9-10-16(2)23-21(24)20-15-19(20)17-11-13-18(22)14-12-17/h11-14,16,19-20H,3-10,15,22H2,1-2H3,(H,23,24). The van der Waals surface area contributed by atoms with E-state index >= 15 is 0 Å². The van der Waals surface area contributed by atoms with E-state index in [0.717, 1.165) is 18.5 Å². The van der Waals surface area contributed by atoms with Gasteiger partial charge in [-0.25, -0.2) is 0 Å². The molecule has 0 aliphatic heterocycles. The van der Waals surface area contributed by atoms with Crippen molar-refractivity contribution in [3.05, 3.63) is 29.8 Å². The van der Waals surface area contributed by atoms with Gasteiger partial charge in [0, 0.05) is 17.6 Å². The number of nitrogens with two attached hydrogens (primary N) is 1. The highest BCUT2D eigenvalue weighted by Crippen LogP contribution is 2.47. The second kappa shape index (κ2) is 9.71. The third-order valence-electron chi connectivity index (χ3n) is 5.12. The van der Waals surface area contributed by atoms with E-state index in [9.17, 15) is 4.79 Å². The van der Waals surface area contributed by atoms with Crippen LogP contribution >= 0.6 is 0 Å². The zero-order valence-electron chi connectivity index (χ0n) is 15.4. The second-order valence-electron chi connectivity index (χ2n) is 7.43. The Morgan fingerprint density at radius 3 is 2.42 bits per heavy atom. The average Bonchev–Trinajstić information content (AvgIpc) is 3.35. The quantitative estimate of drug-likeness (QED) is 0.442. The predicted octanol–water partition coefficient (Wildman–Crippen LogP) is 5.02. The molecule has 0 radical (unpaired) electrons. The molecule has 1 aromatic carbocycles. The smallest absolute Gasteiger partial charge is 0.223 e. The minimum absolute atomic E-state index is 0.158. The summed E-state index contributed by atoms with van der Waals surface area (Å²) < 4.78 is 0. The largest absolute Gasteiger partial charge is 0.399 e. The van der Waals surface area contributed by atoms with Crippen molar-refractivity contribution < 1.29 is 4.79 Å². The number of amides is 1. The van der Waals surface area contributed by atoms with Gasteiger partial charge in [0.1, 0.15) is 0 Å². The maximum atomic E-state index is 12.3. The first-order valence-corrected chi connectivity index (χ1v) is 9.77. The van der Waals surface area contributed by atoms with E-state index in [1.165, 1.54) is 50.5 Å². The summed E-state index contributed by atoms with van der Waals surface area (Å²) in [5, 5.41) is 3.20. The van der Waals surface area contributed by atoms with Crippen molar-refractivity contribution in [2.24, 2.45) is 5.92 Å². The van der Waals surface area contributed by atoms with E-state index in [1.54, 1.807) is 0 Å². The Labute approximate surface area is 147 Å². The zero-order chi connectivity index (χ0) is 17.4. The molecule has 3 heteroatoms. The molecule has 24 heavy (non-hydrogen) atoms. The molecule has 1 aromatic rings. The van der Waals surface area contributed by atoms with Crippen molar-refractivity contribution in [1.29, 1.82) is 0 Å². The fraction of sp³-hybridized carbons (Fsp3) is 0.667. The molecule has 1 amide bonds.